The fourth-order valence-electron chi connectivity index (χ4n) is 2.09. The zero-order valence-electron chi connectivity index (χ0n) is 12.6. The van der Waals surface area contributed by atoms with Gasteiger partial charge in [-0.1, -0.05) is 47.2 Å². The number of carbonyl (C=O) groups excluding carboxylic acids is 2. The van der Waals surface area contributed by atoms with Crippen LogP contribution in [0.1, 0.15) is 19.3 Å². The summed E-state index contributed by atoms with van der Waals surface area (Å²) < 4.78 is 0.639. The minimum atomic E-state index is -0.155. The van der Waals surface area contributed by atoms with Crippen LogP contribution in [0.5, 0.6) is 0 Å². The summed E-state index contributed by atoms with van der Waals surface area (Å²) in [5.41, 5.74) is 0.652. The number of halogens is 1. The van der Waals surface area contributed by atoms with E-state index in [1.165, 1.54) is 23.1 Å². The van der Waals surface area contributed by atoms with Crippen LogP contribution in [0.25, 0.3) is 0 Å². The number of hydrogen-bond acceptors (Lipinski definition) is 6. The second-order valence-corrected chi connectivity index (χ2v) is 7.97. The van der Waals surface area contributed by atoms with Crippen LogP contribution in [0.2, 0.25) is 5.02 Å². The molecule has 0 radical (unpaired) electrons. The van der Waals surface area contributed by atoms with Crippen molar-refractivity contribution in [1.82, 2.24) is 10.2 Å². The quantitative estimate of drug-likeness (QED) is 0.588. The molecule has 6 nitrogen and oxygen atoms in total. The average molecular weight is 383 g/mol. The highest BCUT2D eigenvalue weighted by molar-refractivity contribution is 8.01. The summed E-state index contributed by atoms with van der Waals surface area (Å²) in [6.45, 7) is 0. The Bertz CT molecular complexity index is 749. The van der Waals surface area contributed by atoms with E-state index in [-0.39, 0.29) is 23.5 Å². The van der Waals surface area contributed by atoms with Crippen LogP contribution in [0, 0.1) is 5.92 Å². The molecule has 2 aromatic rings. The molecule has 2 N–H and O–H groups in total. The lowest BCUT2D eigenvalue weighted by Gasteiger charge is -2.23. The minimum absolute atomic E-state index is 0.00708. The smallest absolute Gasteiger partial charge is 0.234 e. The Hall–Kier alpha value is -1.64. The standard InChI is InChI=1S/C15H15ClN4O2S2/c16-10-5-2-6-11(7-10)17-12(21)8-23-15-20-19-14(24-15)18-13(22)9-3-1-4-9/h2,5-7,9H,1,3-4,8H2,(H,17,21)(H,18,19,22). The number of hydrogen-bond donors (Lipinski definition) is 2. The van der Waals surface area contributed by atoms with Crippen molar-refractivity contribution < 1.29 is 9.59 Å². The van der Waals surface area contributed by atoms with Crippen LogP contribution < -0.4 is 10.6 Å². The first-order valence-electron chi connectivity index (χ1n) is 7.43. The third-order valence-corrected chi connectivity index (χ3v) is 5.75. The summed E-state index contributed by atoms with van der Waals surface area (Å²) in [6.07, 6.45) is 2.99. The molecule has 1 aromatic heterocycles. The number of rotatable bonds is 6. The van der Waals surface area contributed by atoms with Gasteiger partial charge >= 0.3 is 0 Å². The topological polar surface area (TPSA) is 84.0 Å². The van der Waals surface area contributed by atoms with Gasteiger partial charge in [0.1, 0.15) is 0 Å². The lowest BCUT2D eigenvalue weighted by atomic mass is 9.85. The van der Waals surface area contributed by atoms with Crippen LogP contribution in [-0.4, -0.2) is 27.8 Å². The Balaban J connectivity index is 1.46. The second kappa shape index (κ2) is 7.96. The lowest BCUT2D eigenvalue weighted by molar-refractivity contribution is -0.122. The van der Waals surface area contributed by atoms with Crippen molar-refractivity contribution in [2.24, 2.45) is 5.92 Å². The summed E-state index contributed by atoms with van der Waals surface area (Å²) in [5, 5.41) is 14.5. The predicted octanol–water partition coefficient (Wildman–Crippen LogP) is 3.66. The Morgan fingerprint density at radius 3 is 2.83 bits per heavy atom. The molecule has 0 unspecified atom stereocenters. The molecule has 2 amide bonds. The summed E-state index contributed by atoms with van der Waals surface area (Å²) in [6, 6.07) is 6.97. The zero-order chi connectivity index (χ0) is 16.9. The van der Waals surface area contributed by atoms with E-state index in [0.717, 1.165) is 19.3 Å². The maximum Gasteiger partial charge on any atom is 0.234 e. The summed E-state index contributed by atoms with van der Waals surface area (Å²) in [5.74, 6) is 0.163. The molecule has 1 aromatic carbocycles. The molecule has 126 valence electrons. The maximum absolute atomic E-state index is 11.9. The summed E-state index contributed by atoms with van der Waals surface area (Å²) in [4.78, 5) is 23.8. The van der Waals surface area contributed by atoms with Crippen molar-refractivity contribution >= 4 is 57.3 Å². The zero-order valence-corrected chi connectivity index (χ0v) is 15.0. The molecule has 1 saturated carbocycles. The molecule has 0 saturated heterocycles. The molecule has 3 rings (SSSR count). The van der Waals surface area contributed by atoms with Crippen LogP contribution in [0.4, 0.5) is 10.8 Å². The van der Waals surface area contributed by atoms with Gasteiger partial charge in [0.05, 0.1) is 5.75 Å². The second-order valence-electron chi connectivity index (χ2n) is 5.34. The number of nitrogens with one attached hydrogen (secondary N) is 2. The molecule has 0 atom stereocenters. The first-order valence-corrected chi connectivity index (χ1v) is 9.61. The molecule has 0 aliphatic heterocycles. The van der Waals surface area contributed by atoms with Gasteiger partial charge in [-0.25, -0.2) is 0 Å². The maximum atomic E-state index is 11.9. The van der Waals surface area contributed by atoms with Gasteiger partial charge in [-0.15, -0.1) is 10.2 Å². The van der Waals surface area contributed by atoms with Gasteiger partial charge in [0.25, 0.3) is 0 Å². The number of carbonyl (C=O) groups is 2. The van der Waals surface area contributed by atoms with Gasteiger partial charge < -0.3 is 10.6 Å². The first-order chi connectivity index (χ1) is 11.6. The van der Waals surface area contributed by atoms with Gasteiger partial charge in [0.15, 0.2) is 4.34 Å². The van der Waals surface area contributed by atoms with Gasteiger partial charge in [-0.3, -0.25) is 9.59 Å². The highest BCUT2D eigenvalue weighted by atomic mass is 35.5. The molecule has 1 aliphatic carbocycles. The lowest BCUT2D eigenvalue weighted by Crippen LogP contribution is -2.27. The Labute approximate surface area is 152 Å². The Morgan fingerprint density at radius 1 is 1.29 bits per heavy atom. The van der Waals surface area contributed by atoms with Crippen molar-refractivity contribution in [3.05, 3.63) is 29.3 Å². The van der Waals surface area contributed by atoms with E-state index in [2.05, 4.69) is 20.8 Å². The number of amides is 2. The van der Waals surface area contributed by atoms with E-state index in [0.29, 0.717) is 20.2 Å². The summed E-state index contributed by atoms with van der Waals surface area (Å²) in [7, 11) is 0. The van der Waals surface area contributed by atoms with E-state index < -0.39 is 0 Å². The van der Waals surface area contributed by atoms with Crippen LogP contribution >= 0.6 is 34.7 Å². The highest BCUT2D eigenvalue weighted by Gasteiger charge is 2.26. The fourth-order valence-corrected chi connectivity index (χ4v) is 3.83. The molecule has 1 heterocycles. The van der Waals surface area contributed by atoms with E-state index in [4.69, 9.17) is 11.6 Å². The summed E-state index contributed by atoms with van der Waals surface area (Å²) >= 11 is 8.42. The van der Waals surface area contributed by atoms with E-state index >= 15 is 0 Å². The monoisotopic (exact) mass is 382 g/mol. The van der Waals surface area contributed by atoms with Crippen molar-refractivity contribution in [3.8, 4) is 0 Å². The van der Waals surface area contributed by atoms with E-state index in [9.17, 15) is 9.59 Å². The fraction of sp³-hybridized carbons (Fsp3) is 0.333. The molecule has 1 aliphatic rings. The molecule has 1 fully saturated rings. The largest absolute Gasteiger partial charge is 0.325 e. The van der Waals surface area contributed by atoms with Crippen LogP contribution in [-0.2, 0) is 9.59 Å². The van der Waals surface area contributed by atoms with E-state index in [1.54, 1.807) is 24.3 Å². The van der Waals surface area contributed by atoms with Crippen molar-refractivity contribution in [2.45, 2.75) is 23.6 Å². The number of aromatic nitrogens is 2. The Morgan fingerprint density at radius 2 is 2.12 bits per heavy atom. The van der Waals surface area contributed by atoms with Crippen LogP contribution in [0.15, 0.2) is 28.6 Å². The molecular weight excluding hydrogens is 368 g/mol. The van der Waals surface area contributed by atoms with Crippen molar-refractivity contribution in [1.29, 1.82) is 0 Å². The minimum Gasteiger partial charge on any atom is -0.325 e. The average Bonchev–Trinajstić information content (AvgIpc) is 2.91. The van der Waals surface area contributed by atoms with Gasteiger partial charge in [0.2, 0.25) is 16.9 Å². The number of anilines is 2. The van der Waals surface area contributed by atoms with Crippen molar-refractivity contribution in [2.75, 3.05) is 16.4 Å². The van der Waals surface area contributed by atoms with Crippen LogP contribution in [0.3, 0.4) is 0 Å². The van der Waals surface area contributed by atoms with Gasteiger partial charge in [0, 0.05) is 16.6 Å². The molecule has 0 bridgehead atoms. The third kappa shape index (κ3) is 4.68. The van der Waals surface area contributed by atoms with E-state index in [1.807, 2.05) is 0 Å². The molecule has 0 spiro atoms. The number of benzene rings is 1. The van der Waals surface area contributed by atoms with Crippen molar-refractivity contribution in [3.63, 3.8) is 0 Å². The van der Waals surface area contributed by atoms with Gasteiger partial charge in [-0.2, -0.15) is 0 Å². The molecular formula is C15H15ClN4O2S2. The SMILES string of the molecule is O=C(CSc1nnc(NC(=O)C2CCC2)s1)Nc1cccc(Cl)c1. The molecule has 24 heavy (non-hydrogen) atoms. The Kier molecular flexibility index (Phi) is 5.70. The first kappa shape index (κ1) is 17.2. The van der Waals surface area contributed by atoms with Gasteiger partial charge in [-0.05, 0) is 31.0 Å². The number of nitrogens with zero attached hydrogens (tertiary/aromatic N) is 2. The predicted molar refractivity (Wildman–Crippen MR) is 96.7 cm³/mol. The normalized spacial score (nSPS) is 14.0. The molecule has 9 heteroatoms. The number of thioether (sulfide) groups is 1. The third-order valence-electron chi connectivity index (χ3n) is 3.55. The highest BCUT2D eigenvalue weighted by Crippen LogP contribution is 2.30.